The van der Waals surface area contributed by atoms with Gasteiger partial charge in [0.25, 0.3) is 5.89 Å². The monoisotopic (exact) mass is 332 g/mol. The van der Waals surface area contributed by atoms with Crippen LogP contribution in [-0.2, 0) is 6.42 Å². The van der Waals surface area contributed by atoms with E-state index in [1.54, 1.807) is 6.07 Å². The van der Waals surface area contributed by atoms with E-state index in [0.29, 0.717) is 40.2 Å². The molecule has 0 aliphatic heterocycles. The second-order valence-electron chi connectivity index (χ2n) is 5.35. The number of aryl methyl sites for hydroxylation is 1. The van der Waals surface area contributed by atoms with E-state index < -0.39 is 0 Å². The fourth-order valence-corrected chi connectivity index (χ4v) is 2.50. The van der Waals surface area contributed by atoms with Gasteiger partial charge >= 0.3 is 0 Å². The molecule has 7 heteroatoms. The van der Waals surface area contributed by atoms with Crippen LogP contribution in [0.25, 0.3) is 22.7 Å². The highest BCUT2D eigenvalue weighted by Gasteiger charge is 2.23. The van der Waals surface area contributed by atoms with Crippen molar-refractivity contribution >= 4 is 11.6 Å². The van der Waals surface area contributed by atoms with Crippen molar-refractivity contribution in [2.24, 2.45) is 0 Å². The molecule has 1 N–H and O–H groups in total. The minimum Gasteiger partial charge on any atom is -0.360 e. The molecule has 1 atom stereocenters. The summed E-state index contributed by atoms with van der Waals surface area (Å²) < 4.78 is 10.7. The molecular formula is C16H17ClN4O2. The predicted molar refractivity (Wildman–Crippen MR) is 87.2 cm³/mol. The van der Waals surface area contributed by atoms with Crippen LogP contribution in [0.3, 0.4) is 0 Å². The summed E-state index contributed by atoms with van der Waals surface area (Å²) in [5.41, 5.74) is 2.04. The second kappa shape index (κ2) is 6.52. The van der Waals surface area contributed by atoms with E-state index in [2.05, 4.69) is 27.5 Å². The largest absolute Gasteiger partial charge is 0.360 e. The van der Waals surface area contributed by atoms with Gasteiger partial charge in [-0.25, -0.2) is 0 Å². The first-order valence-corrected chi connectivity index (χ1v) is 7.69. The predicted octanol–water partition coefficient (Wildman–Crippen LogP) is 3.50. The summed E-state index contributed by atoms with van der Waals surface area (Å²) in [5.74, 6) is 1.63. The third-order valence-corrected chi connectivity index (χ3v) is 3.98. The van der Waals surface area contributed by atoms with Gasteiger partial charge in [-0.3, -0.25) is 0 Å². The minimum absolute atomic E-state index is 0.257. The van der Waals surface area contributed by atoms with Crippen molar-refractivity contribution in [1.29, 1.82) is 0 Å². The Labute approximate surface area is 138 Å². The number of likely N-dealkylation sites (N-methyl/N-ethyl adjacent to an activating group) is 1. The maximum Gasteiger partial charge on any atom is 0.263 e. The lowest BCUT2D eigenvalue weighted by Gasteiger charge is -2.04. The normalized spacial score (nSPS) is 12.5. The van der Waals surface area contributed by atoms with Crippen molar-refractivity contribution in [3.8, 4) is 22.7 Å². The Bertz CT molecular complexity index is 812. The number of benzene rings is 1. The van der Waals surface area contributed by atoms with E-state index in [4.69, 9.17) is 20.6 Å². The van der Waals surface area contributed by atoms with Crippen LogP contribution in [-0.4, -0.2) is 28.4 Å². The standard InChI is InChI=1S/C16H17ClN4O2/c1-9(18-3)8-13-19-16(23-20-13)14-10(2)22-21-15(14)11-6-4-5-7-12(11)17/h4-7,9,18H,8H2,1-3H3. The lowest BCUT2D eigenvalue weighted by atomic mass is 10.1. The van der Waals surface area contributed by atoms with Crippen LogP contribution in [0, 0.1) is 6.92 Å². The summed E-state index contributed by atoms with van der Waals surface area (Å²) >= 11 is 6.26. The average molecular weight is 333 g/mol. The third-order valence-electron chi connectivity index (χ3n) is 3.66. The molecule has 6 nitrogen and oxygen atoms in total. The number of nitrogens with zero attached hydrogens (tertiary/aromatic N) is 3. The zero-order chi connectivity index (χ0) is 16.4. The van der Waals surface area contributed by atoms with Gasteiger partial charge in [-0.2, -0.15) is 4.98 Å². The SMILES string of the molecule is CNC(C)Cc1noc(-c2c(-c3ccccc3Cl)noc2C)n1. The maximum absolute atomic E-state index is 6.26. The van der Waals surface area contributed by atoms with Crippen molar-refractivity contribution in [1.82, 2.24) is 20.6 Å². The highest BCUT2D eigenvalue weighted by molar-refractivity contribution is 6.33. The van der Waals surface area contributed by atoms with Crippen LogP contribution in [0.4, 0.5) is 0 Å². The van der Waals surface area contributed by atoms with Crippen molar-refractivity contribution in [3.63, 3.8) is 0 Å². The smallest absolute Gasteiger partial charge is 0.263 e. The molecular weight excluding hydrogens is 316 g/mol. The van der Waals surface area contributed by atoms with E-state index in [1.165, 1.54) is 0 Å². The van der Waals surface area contributed by atoms with E-state index in [-0.39, 0.29) is 6.04 Å². The maximum atomic E-state index is 6.26. The molecule has 0 saturated carbocycles. The molecule has 1 unspecified atom stereocenters. The van der Waals surface area contributed by atoms with Crippen LogP contribution < -0.4 is 5.32 Å². The molecule has 0 aliphatic carbocycles. The number of nitrogens with one attached hydrogen (secondary N) is 1. The number of aromatic nitrogens is 3. The first kappa shape index (κ1) is 15.7. The molecule has 3 aromatic rings. The Hall–Kier alpha value is -2.18. The van der Waals surface area contributed by atoms with Crippen molar-refractivity contribution in [2.75, 3.05) is 7.05 Å². The summed E-state index contributed by atoms with van der Waals surface area (Å²) in [7, 11) is 1.89. The number of hydrogen-bond acceptors (Lipinski definition) is 6. The molecule has 2 heterocycles. The quantitative estimate of drug-likeness (QED) is 0.770. The van der Waals surface area contributed by atoms with Gasteiger partial charge in [-0.05, 0) is 27.0 Å². The van der Waals surface area contributed by atoms with E-state index in [1.807, 2.05) is 32.2 Å². The summed E-state index contributed by atoms with van der Waals surface area (Å²) in [6.07, 6.45) is 0.672. The molecule has 120 valence electrons. The van der Waals surface area contributed by atoms with Crippen LogP contribution in [0.2, 0.25) is 5.02 Å². The lowest BCUT2D eigenvalue weighted by molar-refractivity contribution is 0.396. The van der Waals surface area contributed by atoms with Gasteiger partial charge in [0.1, 0.15) is 17.0 Å². The summed E-state index contributed by atoms with van der Waals surface area (Å²) in [4.78, 5) is 4.46. The van der Waals surface area contributed by atoms with Gasteiger partial charge in [-0.15, -0.1) is 0 Å². The molecule has 0 amide bonds. The summed E-state index contributed by atoms with van der Waals surface area (Å²) in [6, 6.07) is 7.69. The van der Waals surface area contributed by atoms with Crippen molar-refractivity contribution in [2.45, 2.75) is 26.3 Å². The Balaban J connectivity index is 2.01. The van der Waals surface area contributed by atoms with E-state index in [9.17, 15) is 0 Å². The Kier molecular flexibility index (Phi) is 4.45. The fourth-order valence-electron chi connectivity index (χ4n) is 2.28. The highest BCUT2D eigenvalue weighted by Crippen LogP contribution is 2.36. The number of halogens is 1. The summed E-state index contributed by atoms with van der Waals surface area (Å²) in [6.45, 7) is 3.86. The summed E-state index contributed by atoms with van der Waals surface area (Å²) in [5, 5.41) is 11.9. The second-order valence-corrected chi connectivity index (χ2v) is 5.76. The van der Waals surface area contributed by atoms with Gasteiger partial charge in [-0.1, -0.05) is 40.1 Å². The molecule has 0 spiro atoms. The Morgan fingerprint density at radius 1 is 1.22 bits per heavy atom. The molecule has 0 radical (unpaired) electrons. The zero-order valence-corrected chi connectivity index (χ0v) is 13.9. The van der Waals surface area contributed by atoms with Gasteiger partial charge < -0.3 is 14.4 Å². The molecule has 3 rings (SSSR count). The first-order valence-electron chi connectivity index (χ1n) is 7.31. The number of hydrogen-bond donors (Lipinski definition) is 1. The van der Waals surface area contributed by atoms with Gasteiger partial charge in [0.05, 0.1) is 5.02 Å². The molecule has 0 fully saturated rings. The van der Waals surface area contributed by atoms with Gasteiger partial charge in [0.2, 0.25) is 0 Å². The average Bonchev–Trinajstić information content (AvgIpc) is 3.14. The Morgan fingerprint density at radius 3 is 2.74 bits per heavy atom. The van der Waals surface area contributed by atoms with E-state index in [0.717, 1.165) is 5.56 Å². The van der Waals surface area contributed by atoms with Gasteiger partial charge in [0, 0.05) is 18.0 Å². The van der Waals surface area contributed by atoms with Gasteiger partial charge in [0.15, 0.2) is 5.82 Å². The van der Waals surface area contributed by atoms with Crippen molar-refractivity contribution in [3.05, 3.63) is 40.9 Å². The third kappa shape index (κ3) is 3.13. The molecule has 1 aromatic carbocycles. The van der Waals surface area contributed by atoms with Crippen LogP contribution in [0.15, 0.2) is 33.3 Å². The van der Waals surface area contributed by atoms with E-state index >= 15 is 0 Å². The Morgan fingerprint density at radius 2 is 2.00 bits per heavy atom. The number of rotatable bonds is 5. The molecule has 0 aliphatic rings. The highest BCUT2D eigenvalue weighted by atomic mass is 35.5. The fraction of sp³-hybridized carbons (Fsp3) is 0.312. The molecule has 2 aromatic heterocycles. The van der Waals surface area contributed by atoms with Crippen LogP contribution in [0.5, 0.6) is 0 Å². The minimum atomic E-state index is 0.257. The molecule has 23 heavy (non-hydrogen) atoms. The van der Waals surface area contributed by atoms with Crippen molar-refractivity contribution < 1.29 is 9.05 Å². The first-order chi connectivity index (χ1) is 11.1. The lowest BCUT2D eigenvalue weighted by Crippen LogP contribution is -2.24. The topological polar surface area (TPSA) is 77.0 Å². The van der Waals surface area contributed by atoms with Crippen LogP contribution in [0.1, 0.15) is 18.5 Å². The van der Waals surface area contributed by atoms with Crippen LogP contribution >= 0.6 is 11.6 Å². The molecule has 0 bridgehead atoms. The molecule has 0 saturated heterocycles. The zero-order valence-electron chi connectivity index (χ0n) is 13.1.